The van der Waals surface area contributed by atoms with Crippen LogP contribution in [0.25, 0.3) is 52.8 Å². The summed E-state index contributed by atoms with van der Waals surface area (Å²) < 4.78 is 2.49. The van der Waals surface area contributed by atoms with Crippen molar-refractivity contribution in [1.29, 1.82) is 0 Å². The molecule has 41 heavy (non-hydrogen) atoms. The highest BCUT2D eigenvalue weighted by Gasteiger charge is 2.20. The summed E-state index contributed by atoms with van der Waals surface area (Å²) in [7, 11) is 0. The molecule has 0 bridgehead atoms. The third-order valence-electron chi connectivity index (χ3n) is 7.87. The SMILES string of the molecule is Clc1cc2sc3ccccc3c2cc1-c1cc(N(c2ccccc2)c2ccccc2)c2c(ccc3ccccc32)c1. The van der Waals surface area contributed by atoms with Gasteiger partial charge < -0.3 is 4.90 Å². The van der Waals surface area contributed by atoms with Crippen molar-refractivity contribution < 1.29 is 0 Å². The molecule has 0 unspecified atom stereocenters. The van der Waals surface area contributed by atoms with Crippen molar-refractivity contribution in [2.45, 2.75) is 0 Å². The van der Waals surface area contributed by atoms with Crippen LogP contribution in [0, 0.1) is 0 Å². The van der Waals surface area contributed by atoms with Gasteiger partial charge >= 0.3 is 0 Å². The molecule has 7 aromatic carbocycles. The topological polar surface area (TPSA) is 3.24 Å². The van der Waals surface area contributed by atoms with Crippen LogP contribution in [0.15, 0.2) is 146 Å². The van der Waals surface area contributed by atoms with Gasteiger partial charge in [0.2, 0.25) is 0 Å². The molecule has 0 aliphatic carbocycles. The summed E-state index contributed by atoms with van der Waals surface area (Å²) in [5.74, 6) is 0. The van der Waals surface area contributed by atoms with Gasteiger partial charge in [0.15, 0.2) is 0 Å². The molecule has 0 saturated heterocycles. The van der Waals surface area contributed by atoms with Gasteiger partial charge in [-0.1, -0.05) is 103 Å². The van der Waals surface area contributed by atoms with E-state index in [9.17, 15) is 0 Å². The first-order valence-corrected chi connectivity index (χ1v) is 14.9. The van der Waals surface area contributed by atoms with Gasteiger partial charge in [0, 0.05) is 47.5 Å². The minimum atomic E-state index is 0.765. The van der Waals surface area contributed by atoms with E-state index in [1.165, 1.54) is 41.7 Å². The van der Waals surface area contributed by atoms with Crippen molar-refractivity contribution in [2.75, 3.05) is 4.90 Å². The highest BCUT2D eigenvalue weighted by Crippen LogP contribution is 2.46. The zero-order valence-electron chi connectivity index (χ0n) is 22.1. The van der Waals surface area contributed by atoms with E-state index >= 15 is 0 Å². The van der Waals surface area contributed by atoms with Gasteiger partial charge in [0.1, 0.15) is 0 Å². The Morgan fingerprint density at radius 3 is 1.88 bits per heavy atom. The lowest BCUT2D eigenvalue weighted by molar-refractivity contribution is 1.30. The van der Waals surface area contributed by atoms with Crippen LogP contribution in [0.4, 0.5) is 17.1 Å². The Bertz CT molecular complexity index is 2180. The van der Waals surface area contributed by atoms with Crippen molar-refractivity contribution in [2.24, 2.45) is 0 Å². The van der Waals surface area contributed by atoms with Crippen molar-refractivity contribution in [3.8, 4) is 11.1 Å². The van der Waals surface area contributed by atoms with E-state index in [0.717, 1.165) is 33.2 Å². The van der Waals surface area contributed by atoms with E-state index in [0.29, 0.717) is 0 Å². The predicted molar refractivity (Wildman–Crippen MR) is 179 cm³/mol. The van der Waals surface area contributed by atoms with Gasteiger partial charge in [-0.05, 0) is 76.3 Å². The molecule has 194 valence electrons. The third-order valence-corrected chi connectivity index (χ3v) is 9.31. The normalized spacial score (nSPS) is 11.5. The molecule has 0 saturated carbocycles. The van der Waals surface area contributed by atoms with E-state index in [4.69, 9.17) is 11.6 Å². The molecule has 1 aromatic heterocycles. The Balaban J connectivity index is 1.47. The van der Waals surface area contributed by atoms with Crippen LogP contribution in [-0.2, 0) is 0 Å². The Morgan fingerprint density at radius 1 is 0.488 bits per heavy atom. The zero-order valence-corrected chi connectivity index (χ0v) is 23.7. The molecule has 0 aliphatic rings. The van der Waals surface area contributed by atoms with Gasteiger partial charge in [0.25, 0.3) is 0 Å². The third kappa shape index (κ3) is 4.07. The van der Waals surface area contributed by atoms with Crippen LogP contribution in [-0.4, -0.2) is 0 Å². The van der Waals surface area contributed by atoms with E-state index in [1.807, 2.05) is 0 Å². The minimum absolute atomic E-state index is 0.765. The van der Waals surface area contributed by atoms with E-state index < -0.39 is 0 Å². The molecule has 0 amide bonds. The quantitative estimate of drug-likeness (QED) is 0.193. The number of para-hydroxylation sites is 2. The largest absolute Gasteiger partial charge is 0.310 e. The number of fused-ring (bicyclic) bond motifs is 6. The average molecular weight is 562 g/mol. The van der Waals surface area contributed by atoms with Crippen LogP contribution in [0.2, 0.25) is 5.02 Å². The highest BCUT2D eigenvalue weighted by atomic mass is 35.5. The second kappa shape index (κ2) is 9.78. The van der Waals surface area contributed by atoms with Crippen LogP contribution in [0.3, 0.4) is 0 Å². The molecular formula is C38H24ClNS. The second-order valence-corrected chi connectivity index (χ2v) is 11.8. The maximum Gasteiger partial charge on any atom is 0.0552 e. The first-order chi connectivity index (χ1) is 20.2. The lowest BCUT2D eigenvalue weighted by Gasteiger charge is -2.28. The maximum absolute atomic E-state index is 7.07. The van der Waals surface area contributed by atoms with E-state index in [-0.39, 0.29) is 0 Å². The Morgan fingerprint density at radius 2 is 1.12 bits per heavy atom. The fraction of sp³-hybridized carbons (Fsp3) is 0. The zero-order chi connectivity index (χ0) is 27.3. The summed E-state index contributed by atoms with van der Waals surface area (Å²) in [6.45, 7) is 0. The first-order valence-electron chi connectivity index (χ1n) is 13.7. The van der Waals surface area contributed by atoms with Gasteiger partial charge in [-0.3, -0.25) is 0 Å². The lowest BCUT2D eigenvalue weighted by atomic mass is 9.94. The molecule has 0 fully saturated rings. The van der Waals surface area contributed by atoms with Crippen molar-refractivity contribution >= 4 is 81.7 Å². The average Bonchev–Trinajstić information content (AvgIpc) is 3.38. The minimum Gasteiger partial charge on any atom is -0.310 e. The van der Waals surface area contributed by atoms with Crippen LogP contribution >= 0.6 is 22.9 Å². The van der Waals surface area contributed by atoms with Crippen molar-refractivity contribution in [3.63, 3.8) is 0 Å². The van der Waals surface area contributed by atoms with Gasteiger partial charge in [-0.25, -0.2) is 0 Å². The van der Waals surface area contributed by atoms with E-state index in [1.54, 1.807) is 11.3 Å². The van der Waals surface area contributed by atoms with Crippen LogP contribution < -0.4 is 4.90 Å². The Kier molecular flexibility index (Phi) is 5.77. The Hall–Kier alpha value is -4.63. The number of hydrogen-bond acceptors (Lipinski definition) is 2. The molecule has 0 spiro atoms. The number of halogens is 1. The maximum atomic E-state index is 7.07. The molecule has 0 N–H and O–H groups in total. The van der Waals surface area contributed by atoms with Crippen molar-refractivity contribution in [1.82, 2.24) is 0 Å². The number of thiophene rings is 1. The molecule has 0 atom stereocenters. The molecule has 1 heterocycles. The molecule has 1 nitrogen and oxygen atoms in total. The van der Waals surface area contributed by atoms with Gasteiger partial charge in [0.05, 0.1) is 5.69 Å². The van der Waals surface area contributed by atoms with Crippen LogP contribution in [0.5, 0.6) is 0 Å². The summed E-state index contributed by atoms with van der Waals surface area (Å²) in [6, 6.07) is 51.9. The number of rotatable bonds is 4. The summed E-state index contributed by atoms with van der Waals surface area (Å²) in [4.78, 5) is 2.37. The molecule has 0 aliphatic heterocycles. The molecule has 8 aromatic rings. The fourth-order valence-electron chi connectivity index (χ4n) is 6.00. The highest BCUT2D eigenvalue weighted by molar-refractivity contribution is 7.25. The van der Waals surface area contributed by atoms with Gasteiger partial charge in [-0.2, -0.15) is 0 Å². The lowest BCUT2D eigenvalue weighted by Crippen LogP contribution is -2.10. The first kappa shape index (κ1) is 24.2. The summed E-state index contributed by atoms with van der Waals surface area (Å²) >= 11 is 8.86. The summed E-state index contributed by atoms with van der Waals surface area (Å²) in [5.41, 5.74) is 5.48. The second-order valence-electron chi connectivity index (χ2n) is 10.3. The standard InChI is InChI=1S/C38H24ClNS/c39-34-24-37-33(31-17-9-10-18-36(31)41-37)23-32(34)27-21-26-20-19-25-11-7-8-16-30(25)38(26)35(22-27)40(28-12-3-1-4-13-28)29-14-5-2-6-15-29/h1-24H. The van der Waals surface area contributed by atoms with E-state index in [2.05, 4.69) is 150 Å². The predicted octanol–water partition coefficient (Wildman–Crippen LogP) is 12.2. The smallest absolute Gasteiger partial charge is 0.0552 e. The number of anilines is 3. The number of benzene rings is 7. The van der Waals surface area contributed by atoms with Crippen molar-refractivity contribution in [3.05, 3.63) is 151 Å². The number of nitrogens with zero attached hydrogens (tertiary/aromatic N) is 1. The Labute approximate surface area is 247 Å². The molecule has 3 heteroatoms. The molecular weight excluding hydrogens is 538 g/mol. The molecule has 8 rings (SSSR count). The summed E-state index contributed by atoms with van der Waals surface area (Å²) in [6.07, 6.45) is 0. The summed E-state index contributed by atoms with van der Waals surface area (Å²) in [5, 5.41) is 8.13. The fourth-order valence-corrected chi connectivity index (χ4v) is 7.47. The monoisotopic (exact) mass is 561 g/mol. The van der Waals surface area contributed by atoms with Crippen LogP contribution in [0.1, 0.15) is 0 Å². The van der Waals surface area contributed by atoms with Gasteiger partial charge in [-0.15, -0.1) is 11.3 Å². The number of hydrogen-bond donors (Lipinski definition) is 0. The molecule has 0 radical (unpaired) electrons.